The topological polar surface area (TPSA) is 52.3 Å². The van der Waals surface area contributed by atoms with Crippen molar-refractivity contribution in [2.24, 2.45) is 0 Å². The number of fused-ring (bicyclic) bond motifs is 1. The van der Waals surface area contributed by atoms with Crippen molar-refractivity contribution in [2.45, 2.75) is 0 Å². The summed E-state index contributed by atoms with van der Waals surface area (Å²) in [4.78, 5) is 16.2. The molecule has 0 saturated heterocycles. The largest absolute Gasteiger partial charge is 0.496 e. The molecule has 0 radical (unpaired) electrons. The monoisotopic (exact) mass is 357 g/mol. The highest BCUT2D eigenvalue weighted by Gasteiger charge is 2.04. The third-order valence-electron chi connectivity index (χ3n) is 3.15. The lowest BCUT2D eigenvalue weighted by Crippen LogP contribution is -2.02. The van der Waals surface area contributed by atoms with Gasteiger partial charge >= 0.3 is 5.63 Å². The van der Waals surface area contributed by atoms with Gasteiger partial charge in [0.05, 0.1) is 18.0 Å². The Labute approximate surface area is 135 Å². The molecule has 2 aromatic carbocycles. The van der Waals surface area contributed by atoms with Crippen molar-refractivity contribution in [2.75, 3.05) is 7.11 Å². The molecule has 4 nitrogen and oxygen atoms in total. The van der Waals surface area contributed by atoms with Gasteiger partial charge in [0.25, 0.3) is 0 Å². The Hall–Kier alpha value is -2.40. The molecule has 0 unspecified atom stereocenters. The van der Waals surface area contributed by atoms with Gasteiger partial charge in [-0.2, -0.15) is 0 Å². The summed E-state index contributed by atoms with van der Waals surface area (Å²) < 4.78 is 11.4. The van der Waals surface area contributed by atoms with Gasteiger partial charge in [-0.3, -0.25) is 0 Å². The lowest BCUT2D eigenvalue weighted by atomic mass is 10.2. The van der Waals surface area contributed by atoms with Crippen LogP contribution in [-0.4, -0.2) is 12.1 Å². The van der Waals surface area contributed by atoms with Crippen molar-refractivity contribution in [1.29, 1.82) is 0 Å². The van der Waals surface area contributed by atoms with Crippen LogP contribution < -0.4 is 10.4 Å². The van der Waals surface area contributed by atoms with Gasteiger partial charge in [-0.1, -0.05) is 28.1 Å². The quantitative estimate of drug-likeness (QED) is 0.707. The summed E-state index contributed by atoms with van der Waals surface area (Å²) in [7, 11) is 1.61. The molecule has 0 fully saturated rings. The zero-order chi connectivity index (χ0) is 15.5. The van der Waals surface area contributed by atoms with E-state index in [0.717, 1.165) is 15.8 Å². The molecule has 0 aliphatic heterocycles. The molecule has 0 saturated carbocycles. The number of ether oxygens (including phenoxy) is 1. The fourth-order valence-electron chi connectivity index (χ4n) is 2.10. The molecule has 110 valence electrons. The molecule has 3 rings (SSSR count). The average molecular weight is 358 g/mol. The summed E-state index contributed by atoms with van der Waals surface area (Å²) in [6.07, 6.45) is 3.45. The lowest BCUT2D eigenvalue weighted by molar-refractivity contribution is 0.414. The van der Waals surface area contributed by atoms with E-state index in [4.69, 9.17) is 9.15 Å². The van der Waals surface area contributed by atoms with Crippen LogP contribution in [-0.2, 0) is 0 Å². The van der Waals surface area contributed by atoms with Gasteiger partial charge in [-0.25, -0.2) is 9.78 Å². The molecule has 3 aromatic rings. The summed E-state index contributed by atoms with van der Waals surface area (Å²) in [5.41, 5.74) is 1.07. The molecule has 0 aliphatic rings. The molecule has 0 amide bonds. The first-order valence-electron chi connectivity index (χ1n) is 6.59. The van der Waals surface area contributed by atoms with Crippen LogP contribution in [0, 0.1) is 0 Å². The number of para-hydroxylation sites is 1. The van der Waals surface area contributed by atoms with E-state index in [1.807, 2.05) is 24.3 Å². The second kappa shape index (κ2) is 6.15. The predicted octanol–water partition coefficient (Wildman–Crippen LogP) is 4.13. The number of nitrogens with zero attached hydrogens (tertiary/aromatic N) is 1. The standard InChI is InChI=1S/C17H12BrNO3/c1-21-15-8-7-12(18)10-11(15)6-9-16-19-14-5-3-2-4-13(14)17(20)22-16/h2-10H,1H3. The van der Waals surface area contributed by atoms with Gasteiger partial charge in [0, 0.05) is 16.1 Å². The van der Waals surface area contributed by atoms with Crippen molar-refractivity contribution in [3.63, 3.8) is 0 Å². The van der Waals surface area contributed by atoms with Crippen LogP contribution in [0.4, 0.5) is 0 Å². The van der Waals surface area contributed by atoms with Gasteiger partial charge in [-0.15, -0.1) is 0 Å². The maximum atomic E-state index is 11.9. The van der Waals surface area contributed by atoms with Crippen molar-refractivity contribution in [1.82, 2.24) is 4.98 Å². The predicted molar refractivity (Wildman–Crippen MR) is 89.9 cm³/mol. The first-order valence-corrected chi connectivity index (χ1v) is 7.38. The van der Waals surface area contributed by atoms with E-state index in [1.165, 1.54) is 0 Å². The van der Waals surface area contributed by atoms with E-state index >= 15 is 0 Å². The van der Waals surface area contributed by atoms with E-state index in [1.54, 1.807) is 37.5 Å². The zero-order valence-electron chi connectivity index (χ0n) is 11.7. The SMILES string of the molecule is COc1ccc(Br)cc1C=Cc1nc2ccccc2c(=O)o1. The second-order valence-electron chi connectivity index (χ2n) is 4.58. The maximum Gasteiger partial charge on any atom is 0.347 e. The van der Waals surface area contributed by atoms with E-state index in [-0.39, 0.29) is 5.89 Å². The molecule has 0 spiro atoms. The Morgan fingerprint density at radius 3 is 2.82 bits per heavy atom. The molecular weight excluding hydrogens is 346 g/mol. The number of benzene rings is 2. The molecule has 0 atom stereocenters. The highest BCUT2D eigenvalue weighted by Crippen LogP contribution is 2.24. The van der Waals surface area contributed by atoms with Gasteiger partial charge in [-0.05, 0) is 36.4 Å². The van der Waals surface area contributed by atoms with Crippen LogP contribution in [0.1, 0.15) is 11.5 Å². The molecule has 0 bridgehead atoms. The van der Waals surface area contributed by atoms with Crippen molar-refractivity contribution >= 4 is 39.0 Å². The Kier molecular flexibility index (Phi) is 4.06. The first-order chi connectivity index (χ1) is 10.7. The first kappa shape index (κ1) is 14.5. The molecule has 0 N–H and O–H groups in total. The third kappa shape index (κ3) is 2.94. The number of aromatic nitrogens is 1. The van der Waals surface area contributed by atoms with Gasteiger partial charge in [0.1, 0.15) is 5.75 Å². The van der Waals surface area contributed by atoms with Crippen LogP contribution in [0.5, 0.6) is 5.75 Å². The van der Waals surface area contributed by atoms with Gasteiger partial charge < -0.3 is 9.15 Å². The van der Waals surface area contributed by atoms with Gasteiger partial charge in [0.15, 0.2) is 0 Å². The van der Waals surface area contributed by atoms with E-state index in [2.05, 4.69) is 20.9 Å². The average Bonchev–Trinajstić information content (AvgIpc) is 2.53. The van der Waals surface area contributed by atoms with Crippen LogP contribution >= 0.6 is 15.9 Å². The van der Waals surface area contributed by atoms with Crippen LogP contribution in [0.25, 0.3) is 23.1 Å². The van der Waals surface area contributed by atoms with E-state index in [0.29, 0.717) is 10.9 Å². The van der Waals surface area contributed by atoms with Crippen molar-refractivity contribution in [3.8, 4) is 5.75 Å². The molecule has 22 heavy (non-hydrogen) atoms. The number of rotatable bonds is 3. The minimum absolute atomic E-state index is 0.255. The minimum Gasteiger partial charge on any atom is -0.496 e. The molecular formula is C17H12BrNO3. The smallest absolute Gasteiger partial charge is 0.347 e. The highest BCUT2D eigenvalue weighted by molar-refractivity contribution is 9.10. The second-order valence-corrected chi connectivity index (χ2v) is 5.49. The van der Waals surface area contributed by atoms with Crippen LogP contribution in [0.15, 0.2) is 56.1 Å². The highest BCUT2D eigenvalue weighted by atomic mass is 79.9. The normalized spacial score (nSPS) is 11.2. The summed E-state index contributed by atoms with van der Waals surface area (Å²) in [5, 5.41) is 0.472. The fraction of sp³-hybridized carbons (Fsp3) is 0.0588. The minimum atomic E-state index is -0.397. The number of halogens is 1. The zero-order valence-corrected chi connectivity index (χ0v) is 13.3. The summed E-state index contributed by atoms with van der Waals surface area (Å²) >= 11 is 3.42. The summed E-state index contributed by atoms with van der Waals surface area (Å²) in [6, 6.07) is 12.7. The van der Waals surface area contributed by atoms with E-state index in [9.17, 15) is 4.79 Å². The number of methoxy groups -OCH3 is 1. The van der Waals surface area contributed by atoms with Crippen molar-refractivity contribution < 1.29 is 9.15 Å². The van der Waals surface area contributed by atoms with Crippen molar-refractivity contribution in [3.05, 3.63) is 68.8 Å². The summed E-state index contributed by atoms with van der Waals surface area (Å²) in [6.45, 7) is 0. The Morgan fingerprint density at radius 1 is 1.18 bits per heavy atom. The van der Waals surface area contributed by atoms with Gasteiger partial charge in [0.2, 0.25) is 5.89 Å². The lowest BCUT2D eigenvalue weighted by Gasteiger charge is -2.04. The molecule has 0 aliphatic carbocycles. The number of hydrogen-bond donors (Lipinski definition) is 0. The molecule has 1 heterocycles. The third-order valence-corrected chi connectivity index (χ3v) is 3.64. The Bertz CT molecular complexity index is 915. The molecule has 5 heteroatoms. The Balaban J connectivity index is 2.03. The Morgan fingerprint density at radius 2 is 2.00 bits per heavy atom. The number of hydrogen-bond acceptors (Lipinski definition) is 4. The summed E-state index contributed by atoms with van der Waals surface area (Å²) in [5.74, 6) is 0.980. The molecule has 1 aromatic heterocycles. The van der Waals surface area contributed by atoms with Crippen LogP contribution in [0.2, 0.25) is 0 Å². The van der Waals surface area contributed by atoms with E-state index < -0.39 is 5.63 Å². The fourth-order valence-corrected chi connectivity index (χ4v) is 2.48. The van der Waals surface area contributed by atoms with Crippen LogP contribution in [0.3, 0.4) is 0 Å². The maximum absolute atomic E-state index is 11.9.